The summed E-state index contributed by atoms with van der Waals surface area (Å²) in [7, 11) is 1.77. The standard InChI is InChI=1S/C25H34FN5O.HI/c1-27-25(29-19-24(30-11-5-6-12-30)21-7-3-2-4-8-21)28-18-20-9-10-23(22(26)17-20)31-13-15-32-16-14-31;/h2-4,7-10,17,24H,5-6,11-16,18-19H2,1H3,(H2,27,28,29);1H. The first-order valence-corrected chi connectivity index (χ1v) is 11.6. The van der Waals surface area contributed by atoms with Crippen molar-refractivity contribution in [3.05, 3.63) is 65.5 Å². The third-order valence-electron chi connectivity index (χ3n) is 6.28. The zero-order chi connectivity index (χ0) is 22.2. The smallest absolute Gasteiger partial charge is 0.191 e. The second kappa shape index (κ2) is 13.1. The number of likely N-dealkylation sites (tertiary alicyclic amines) is 1. The van der Waals surface area contributed by atoms with E-state index >= 15 is 0 Å². The molecule has 180 valence electrons. The molecule has 0 amide bonds. The summed E-state index contributed by atoms with van der Waals surface area (Å²) in [6.07, 6.45) is 2.50. The minimum absolute atomic E-state index is 0. The Morgan fingerprint density at radius 2 is 1.76 bits per heavy atom. The molecule has 8 heteroatoms. The molecular formula is C25H35FIN5O. The summed E-state index contributed by atoms with van der Waals surface area (Å²) >= 11 is 0. The number of hydrogen-bond donors (Lipinski definition) is 2. The molecule has 2 N–H and O–H groups in total. The molecule has 0 aromatic heterocycles. The van der Waals surface area contributed by atoms with Gasteiger partial charge in [-0.2, -0.15) is 0 Å². The molecule has 0 bridgehead atoms. The van der Waals surface area contributed by atoms with Gasteiger partial charge in [0.25, 0.3) is 0 Å². The number of guanidine groups is 1. The Hall–Kier alpha value is -1.91. The van der Waals surface area contributed by atoms with E-state index in [1.807, 2.05) is 17.0 Å². The zero-order valence-electron chi connectivity index (χ0n) is 19.3. The van der Waals surface area contributed by atoms with Crippen LogP contribution in [0, 0.1) is 5.82 Å². The van der Waals surface area contributed by atoms with E-state index in [-0.39, 0.29) is 29.8 Å². The molecule has 2 fully saturated rings. The zero-order valence-corrected chi connectivity index (χ0v) is 21.6. The largest absolute Gasteiger partial charge is 0.378 e. The Morgan fingerprint density at radius 3 is 2.42 bits per heavy atom. The molecule has 2 heterocycles. The molecule has 0 saturated carbocycles. The van der Waals surface area contributed by atoms with E-state index in [0.29, 0.717) is 31.5 Å². The summed E-state index contributed by atoms with van der Waals surface area (Å²) in [5.41, 5.74) is 2.86. The van der Waals surface area contributed by atoms with Crippen molar-refractivity contribution < 1.29 is 9.13 Å². The lowest BCUT2D eigenvalue weighted by Crippen LogP contribution is -2.42. The van der Waals surface area contributed by atoms with Crippen LogP contribution >= 0.6 is 24.0 Å². The van der Waals surface area contributed by atoms with Crippen LogP contribution in [0.2, 0.25) is 0 Å². The van der Waals surface area contributed by atoms with Crippen LogP contribution in [-0.4, -0.2) is 63.8 Å². The monoisotopic (exact) mass is 567 g/mol. The maximum atomic E-state index is 14.7. The van der Waals surface area contributed by atoms with Gasteiger partial charge in [0.15, 0.2) is 5.96 Å². The van der Waals surface area contributed by atoms with E-state index < -0.39 is 0 Å². The molecule has 1 unspecified atom stereocenters. The van der Waals surface area contributed by atoms with E-state index in [1.165, 1.54) is 18.4 Å². The van der Waals surface area contributed by atoms with Crippen molar-refractivity contribution >= 4 is 35.6 Å². The molecule has 6 nitrogen and oxygen atoms in total. The van der Waals surface area contributed by atoms with Gasteiger partial charge in [0, 0.05) is 33.2 Å². The van der Waals surface area contributed by atoms with Crippen LogP contribution in [0.25, 0.3) is 0 Å². The summed E-state index contributed by atoms with van der Waals surface area (Å²) < 4.78 is 20.1. The normalized spacial score (nSPS) is 18.0. The molecule has 0 aliphatic carbocycles. The Labute approximate surface area is 213 Å². The van der Waals surface area contributed by atoms with Crippen molar-refractivity contribution in [1.29, 1.82) is 0 Å². The lowest BCUT2D eigenvalue weighted by Gasteiger charge is -2.29. The Bertz CT molecular complexity index is 886. The molecule has 33 heavy (non-hydrogen) atoms. The minimum Gasteiger partial charge on any atom is -0.378 e. The van der Waals surface area contributed by atoms with Gasteiger partial charge in [0.05, 0.1) is 24.9 Å². The quantitative estimate of drug-likeness (QED) is 0.303. The van der Waals surface area contributed by atoms with Gasteiger partial charge in [-0.1, -0.05) is 36.4 Å². The number of benzene rings is 2. The average Bonchev–Trinajstić information content (AvgIpc) is 3.37. The van der Waals surface area contributed by atoms with Gasteiger partial charge in [0.1, 0.15) is 5.82 Å². The lowest BCUT2D eigenvalue weighted by molar-refractivity contribution is 0.122. The van der Waals surface area contributed by atoms with Crippen LogP contribution in [0.3, 0.4) is 0 Å². The van der Waals surface area contributed by atoms with Gasteiger partial charge in [-0.05, 0) is 49.2 Å². The number of halogens is 2. The van der Waals surface area contributed by atoms with Gasteiger partial charge < -0.3 is 20.3 Å². The van der Waals surface area contributed by atoms with E-state index in [0.717, 1.165) is 44.2 Å². The van der Waals surface area contributed by atoms with E-state index in [4.69, 9.17) is 4.74 Å². The Balaban J connectivity index is 0.00000306. The summed E-state index contributed by atoms with van der Waals surface area (Å²) in [6, 6.07) is 16.4. The first-order chi connectivity index (χ1) is 15.7. The molecule has 2 aromatic carbocycles. The number of rotatable bonds is 7. The fraction of sp³-hybridized carbons (Fsp3) is 0.480. The Kier molecular flexibility index (Phi) is 10.2. The molecular weight excluding hydrogens is 532 g/mol. The number of anilines is 1. The van der Waals surface area contributed by atoms with Crippen molar-refractivity contribution in [2.24, 2.45) is 4.99 Å². The number of hydrogen-bond acceptors (Lipinski definition) is 4. The number of morpholine rings is 1. The Morgan fingerprint density at radius 1 is 1.03 bits per heavy atom. The van der Waals surface area contributed by atoms with E-state index in [9.17, 15) is 4.39 Å². The van der Waals surface area contributed by atoms with Crippen LogP contribution in [0.5, 0.6) is 0 Å². The number of ether oxygens (including phenoxy) is 1. The van der Waals surface area contributed by atoms with Crippen molar-refractivity contribution in [1.82, 2.24) is 15.5 Å². The van der Waals surface area contributed by atoms with Crippen molar-refractivity contribution in [3.8, 4) is 0 Å². The van der Waals surface area contributed by atoms with E-state index in [1.54, 1.807) is 13.1 Å². The second-order valence-electron chi connectivity index (χ2n) is 8.36. The number of nitrogens with one attached hydrogen (secondary N) is 2. The summed E-state index contributed by atoms with van der Waals surface area (Å²) in [6.45, 7) is 6.28. The summed E-state index contributed by atoms with van der Waals surface area (Å²) in [4.78, 5) is 8.95. The van der Waals surface area contributed by atoms with Crippen molar-refractivity contribution in [2.75, 3.05) is 57.9 Å². The average molecular weight is 567 g/mol. The third-order valence-corrected chi connectivity index (χ3v) is 6.28. The van der Waals surface area contributed by atoms with Gasteiger partial charge in [0.2, 0.25) is 0 Å². The fourth-order valence-electron chi connectivity index (χ4n) is 4.51. The topological polar surface area (TPSA) is 52.1 Å². The first-order valence-electron chi connectivity index (χ1n) is 11.6. The molecule has 1 atom stereocenters. The SMILES string of the molecule is CN=C(NCc1ccc(N2CCOCC2)c(F)c1)NCC(c1ccccc1)N1CCCC1.I. The number of aliphatic imine (C=N–C) groups is 1. The predicted octanol–water partition coefficient (Wildman–Crippen LogP) is 3.78. The second-order valence-corrected chi connectivity index (χ2v) is 8.36. The summed E-state index contributed by atoms with van der Waals surface area (Å²) in [5, 5.41) is 6.80. The van der Waals surface area contributed by atoms with Crippen LogP contribution in [0.4, 0.5) is 10.1 Å². The summed E-state index contributed by atoms with van der Waals surface area (Å²) in [5.74, 6) is 0.537. The lowest BCUT2D eigenvalue weighted by atomic mass is 10.1. The van der Waals surface area contributed by atoms with Gasteiger partial charge in [-0.3, -0.25) is 9.89 Å². The molecule has 0 radical (unpaired) electrons. The van der Waals surface area contributed by atoms with Gasteiger partial charge in [-0.15, -0.1) is 24.0 Å². The van der Waals surface area contributed by atoms with Crippen LogP contribution in [-0.2, 0) is 11.3 Å². The van der Waals surface area contributed by atoms with Crippen LogP contribution in [0.15, 0.2) is 53.5 Å². The molecule has 4 rings (SSSR count). The van der Waals surface area contributed by atoms with Crippen LogP contribution in [0.1, 0.15) is 30.0 Å². The van der Waals surface area contributed by atoms with Crippen molar-refractivity contribution in [3.63, 3.8) is 0 Å². The first kappa shape index (κ1) is 25.7. The van der Waals surface area contributed by atoms with E-state index in [2.05, 4.69) is 50.9 Å². The molecule has 2 saturated heterocycles. The van der Waals surface area contributed by atoms with Gasteiger partial charge in [-0.25, -0.2) is 4.39 Å². The van der Waals surface area contributed by atoms with Crippen LogP contribution < -0.4 is 15.5 Å². The third kappa shape index (κ3) is 7.04. The molecule has 2 aromatic rings. The highest BCUT2D eigenvalue weighted by Crippen LogP contribution is 2.24. The highest BCUT2D eigenvalue weighted by molar-refractivity contribution is 14.0. The number of nitrogens with zero attached hydrogens (tertiary/aromatic N) is 3. The highest BCUT2D eigenvalue weighted by Gasteiger charge is 2.23. The molecule has 0 spiro atoms. The maximum absolute atomic E-state index is 14.7. The highest BCUT2D eigenvalue weighted by atomic mass is 127. The predicted molar refractivity (Wildman–Crippen MR) is 143 cm³/mol. The maximum Gasteiger partial charge on any atom is 0.191 e. The molecule has 2 aliphatic heterocycles. The molecule has 2 aliphatic rings. The van der Waals surface area contributed by atoms with Gasteiger partial charge >= 0.3 is 0 Å². The fourth-order valence-corrected chi connectivity index (χ4v) is 4.51. The minimum atomic E-state index is -0.188. The van der Waals surface area contributed by atoms with Crippen molar-refractivity contribution in [2.45, 2.75) is 25.4 Å².